The Balaban J connectivity index is 2.11. The molecule has 2 atom stereocenters. The highest BCUT2D eigenvalue weighted by Crippen LogP contribution is 2.56. The summed E-state index contributed by atoms with van der Waals surface area (Å²) in [6.07, 6.45) is 7.34. The zero-order chi connectivity index (χ0) is 11.1. The fourth-order valence-corrected chi connectivity index (χ4v) is 5.16. The average molecular weight is 251 g/mol. The van der Waals surface area contributed by atoms with Gasteiger partial charge in [-0.25, -0.2) is 8.42 Å². The maximum absolute atomic E-state index is 11.6. The molecule has 2 unspecified atom stereocenters. The SMILES string of the molecule is CCC1CCCC(C2(S(=O)(=O)Cl)CC2)C1. The van der Waals surface area contributed by atoms with Crippen LogP contribution in [0.4, 0.5) is 0 Å². The van der Waals surface area contributed by atoms with Gasteiger partial charge in [0.15, 0.2) is 0 Å². The largest absolute Gasteiger partial charge is 0.238 e. The molecular weight excluding hydrogens is 232 g/mol. The van der Waals surface area contributed by atoms with Gasteiger partial charge >= 0.3 is 0 Å². The number of hydrogen-bond acceptors (Lipinski definition) is 2. The van der Waals surface area contributed by atoms with Crippen molar-refractivity contribution in [2.24, 2.45) is 11.8 Å². The van der Waals surface area contributed by atoms with Crippen LogP contribution in [0.1, 0.15) is 51.9 Å². The summed E-state index contributed by atoms with van der Waals surface area (Å²) >= 11 is 0. The molecule has 0 saturated heterocycles. The van der Waals surface area contributed by atoms with Crippen LogP contribution in [0.2, 0.25) is 0 Å². The van der Waals surface area contributed by atoms with E-state index in [0.29, 0.717) is 5.92 Å². The van der Waals surface area contributed by atoms with Gasteiger partial charge in [0.2, 0.25) is 9.05 Å². The molecule has 4 heteroatoms. The maximum Gasteiger partial charge on any atom is 0.238 e. The first kappa shape index (κ1) is 11.7. The lowest BCUT2D eigenvalue weighted by Crippen LogP contribution is -2.32. The van der Waals surface area contributed by atoms with Gasteiger partial charge in [0, 0.05) is 10.7 Å². The van der Waals surface area contributed by atoms with E-state index >= 15 is 0 Å². The summed E-state index contributed by atoms with van der Waals surface area (Å²) in [6.45, 7) is 2.20. The van der Waals surface area contributed by atoms with Crippen LogP contribution < -0.4 is 0 Å². The van der Waals surface area contributed by atoms with E-state index in [4.69, 9.17) is 10.7 Å². The molecule has 0 radical (unpaired) electrons. The van der Waals surface area contributed by atoms with Gasteiger partial charge in [-0.1, -0.05) is 26.2 Å². The van der Waals surface area contributed by atoms with E-state index < -0.39 is 13.8 Å². The van der Waals surface area contributed by atoms with E-state index in [2.05, 4.69) is 6.92 Å². The van der Waals surface area contributed by atoms with Gasteiger partial charge in [0.1, 0.15) is 0 Å². The molecule has 0 N–H and O–H groups in total. The first-order valence-corrected chi connectivity index (χ1v) is 8.25. The summed E-state index contributed by atoms with van der Waals surface area (Å²) in [5.41, 5.74) is 0. The molecule has 0 bridgehead atoms. The summed E-state index contributed by atoms with van der Waals surface area (Å²) < 4.78 is 22.6. The van der Waals surface area contributed by atoms with Crippen molar-refractivity contribution in [3.05, 3.63) is 0 Å². The van der Waals surface area contributed by atoms with Crippen molar-refractivity contribution in [3.8, 4) is 0 Å². The smallest absolute Gasteiger partial charge is 0.212 e. The van der Waals surface area contributed by atoms with Crippen molar-refractivity contribution in [1.82, 2.24) is 0 Å². The normalized spacial score (nSPS) is 35.1. The molecule has 0 aliphatic heterocycles. The molecule has 0 aromatic heterocycles. The van der Waals surface area contributed by atoms with Crippen LogP contribution in [0.5, 0.6) is 0 Å². The Labute approximate surface area is 96.8 Å². The Morgan fingerprint density at radius 1 is 1.33 bits per heavy atom. The van der Waals surface area contributed by atoms with E-state index in [1.54, 1.807) is 0 Å². The lowest BCUT2D eigenvalue weighted by Gasteiger charge is -2.32. The third-order valence-corrected chi connectivity index (χ3v) is 6.97. The fourth-order valence-electron chi connectivity index (χ4n) is 3.11. The van der Waals surface area contributed by atoms with E-state index in [1.165, 1.54) is 19.3 Å². The average Bonchev–Trinajstić information content (AvgIpc) is 2.97. The minimum atomic E-state index is -3.35. The zero-order valence-corrected chi connectivity index (χ0v) is 10.8. The van der Waals surface area contributed by atoms with Crippen LogP contribution >= 0.6 is 10.7 Å². The molecule has 0 aromatic rings. The van der Waals surface area contributed by atoms with Crippen molar-refractivity contribution in [2.75, 3.05) is 0 Å². The molecular formula is C11H19ClO2S. The van der Waals surface area contributed by atoms with Crippen molar-refractivity contribution in [1.29, 1.82) is 0 Å². The van der Waals surface area contributed by atoms with Gasteiger partial charge in [-0.05, 0) is 37.5 Å². The molecule has 0 spiro atoms. The van der Waals surface area contributed by atoms with Crippen molar-refractivity contribution >= 4 is 19.7 Å². The summed E-state index contributed by atoms with van der Waals surface area (Å²) in [6, 6.07) is 0. The Morgan fingerprint density at radius 3 is 2.47 bits per heavy atom. The standard InChI is InChI=1S/C11H19ClO2S/c1-2-9-4-3-5-10(8-9)11(6-7-11)15(12,13)14/h9-10H,2-8H2,1H3. The van der Waals surface area contributed by atoms with Crippen LogP contribution in [0, 0.1) is 11.8 Å². The quantitative estimate of drug-likeness (QED) is 0.721. The second-order valence-electron chi connectivity index (χ2n) is 5.14. The van der Waals surface area contributed by atoms with Gasteiger partial charge in [-0.15, -0.1) is 0 Å². The number of halogens is 1. The lowest BCUT2D eigenvalue weighted by molar-refractivity contribution is 0.246. The highest BCUT2D eigenvalue weighted by Gasteiger charge is 2.59. The monoisotopic (exact) mass is 250 g/mol. The van der Waals surface area contributed by atoms with Crippen LogP contribution in [0.15, 0.2) is 0 Å². The molecule has 0 aromatic carbocycles. The van der Waals surface area contributed by atoms with Gasteiger partial charge in [0.25, 0.3) is 0 Å². The Bertz CT molecular complexity index is 332. The summed E-state index contributed by atoms with van der Waals surface area (Å²) in [5, 5.41) is 0. The minimum Gasteiger partial charge on any atom is -0.212 e. The first-order chi connectivity index (χ1) is 6.99. The number of hydrogen-bond donors (Lipinski definition) is 0. The topological polar surface area (TPSA) is 34.1 Å². The highest BCUT2D eigenvalue weighted by atomic mass is 35.7. The van der Waals surface area contributed by atoms with E-state index in [-0.39, 0.29) is 0 Å². The second-order valence-corrected chi connectivity index (χ2v) is 8.05. The van der Waals surface area contributed by atoms with Crippen molar-refractivity contribution < 1.29 is 8.42 Å². The molecule has 88 valence electrons. The van der Waals surface area contributed by atoms with E-state index in [1.807, 2.05) is 0 Å². The molecule has 2 rings (SSSR count). The van der Waals surface area contributed by atoms with Crippen molar-refractivity contribution in [2.45, 2.75) is 56.6 Å². The highest BCUT2D eigenvalue weighted by molar-refractivity contribution is 8.15. The van der Waals surface area contributed by atoms with Crippen LogP contribution in [-0.2, 0) is 9.05 Å². The van der Waals surface area contributed by atoms with Crippen LogP contribution in [0.3, 0.4) is 0 Å². The summed E-state index contributed by atoms with van der Waals surface area (Å²) in [5.74, 6) is 1.05. The van der Waals surface area contributed by atoms with Gasteiger partial charge in [-0.3, -0.25) is 0 Å². The predicted molar refractivity (Wildman–Crippen MR) is 62.5 cm³/mol. The molecule has 2 aliphatic carbocycles. The minimum absolute atomic E-state index is 0.332. The van der Waals surface area contributed by atoms with E-state index in [9.17, 15) is 8.42 Å². The third kappa shape index (κ3) is 2.05. The Hall–Kier alpha value is 0.240. The van der Waals surface area contributed by atoms with E-state index in [0.717, 1.165) is 31.6 Å². The van der Waals surface area contributed by atoms with Crippen LogP contribution in [-0.4, -0.2) is 13.2 Å². The maximum atomic E-state index is 11.6. The first-order valence-electron chi connectivity index (χ1n) is 5.94. The summed E-state index contributed by atoms with van der Waals surface area (Å²) in [4.78, 5) is 0. The molecule has 15 heavy (non-hydrogen) atoms. The van der Waals surface area contributed by atoms with Crippen LogP contribution in [0.25, 0.3) is 0 Å². The summed E-state index contributed by atoms with van der Waals surface area (Å²) in [7, 11) is 2.23. The Morgan fingerprint density at radius 2 is 2.00 bits per heavy atom. The predicted octanol–water partition coefficient (Wildman–Crippen LogP) is 3.30. The molecule has 2 saturated carbocycles. The van der Waals surface area contributed by atoms with Gasteiger partial charge < -0.3 is 0 Å². The third-order valence-electron chi connectivity index (χ3n) is 4.33. The molecule has 2 aliphatic rings. The molecule has 0 amide bonds. The number of rotatable bonds is 3. The van der Waals surface area contributed by atoms with Gasteiger partial charge in [0.05, 0.1) is 4.75 Å². The van der Waals surface area contributed by atoms with Crippen molar-refractivity contribution in [3.63, 3.8) is 0 Å². The van der Waals surface area contributed by atoms with Gasteiger partial charge in [-0.2, -0.15) is 0 Å². The zero-order valence-electron chi connectivity index (χ0n) is 9.21. The fraction of sp³-hybridized carbons (Fsp3) is 1.00. The molecule has 2 fully saturated rings. The molecule has 0 heterocycles. The molecule has 2 nitrogen and oxygen atoms in total. The lowest BCUT2D eigenvalue weighted by atomic mass is 9.78. The second kappa shape index (κ2) is 3.92. The Kier molecular flexibility index (Phi) is 3.06.